The van der Waals surface area contributed by atoms with Crippen molar-refractivity contribution in [1.29, 1.82) is 0 Å². The van der Waals surface area contributed by atoms with Gasteiger partial charge in [0.1, 0.15) is 27.8 Å². The first-order valence-electron chi connectivity index (χ1n) is 11.9. The van der Waals surface area contributed by atoms with E-state index in [4.69, 9.17) is 32.7 Å². The Hall–Kier alpha value is -4.21. The maximum absolute atomic E-state index is 11.3. The van der Waals surface area contributed by atoms with Crippen LogP contribution in [0.5, 0.6) is 11.5 Å². The molecule has 1 saturated heterocycles. The third kappa shape index (κ3) is 4.85. The van der Waals surface area contributed by atoms with Crippen molar-refractivity contribution in [2.24, 2.45) is 7.05 Å². The molecule has 1 aliphatic rings. The van der Waals surface area contributed by atoms with E-state index in [1.807, 2.05) is 31.6 Å². The van der Waals surface area contributed by atoms with E-state index in [0.717, 1.165) is 12.1 Å². The van der Waals surface area contributed by atoms with Gasteiger partial charge >= 0.3 is 0 Å². The number of ether oxygens (including phenoxy) is 2. The summed E-state index contributed by atoms with van der Waals surface area (Å²) < 4.78 is 15.2. The number of fused-ring (bicyclic) bond motifs is 1. The Morgan fingerprint density at radius 3 is 2.84 bits per heavy atom. The quantitative estimate of drug-likeness (QED) is 0.322. The van der Waals surface area contributed by atoms with Gasteiger partial charge in [-0.1, -0.05) is 11.6 Å². The van der Waals surface area contributed by atoms with Crippen LogP contribution >= 0.6 is 11.6 Å². The molecule has 196 valence electrons. The number of hydrogen-bond acceptors (Lipinski definition) is 8. The Balaban J connectivity index is 1.45. The third-order valence-electron chi connectivity index (χ3n) is 6.20. The smallest absolute Gasteiger partial charge is 0.268 e. The molecule has 4 aromatic rings. The average molecular weight is 536 g/mol. The van der Waals surface area contributed by atoms with Crippen LogP contribution in [-0.4, -0.2) is 48.4 Å². The maximum atomic E-state index is 11.3. The van der Waals surface area contributed by atoms with Crippen LogP contribution in [0.4, 0.5) is 17.6 Å². The fraction of sp³-hybridized carbons (Fsp3) is 0.360. The van der Waals surface area contributed by atoms with Crippen LogP contribution in [-0.2, 0) is 22.1 Å². The summed E-state index contributed by atoms with van der Waals surface area (Å²) >= 11 is 6.73. The van der Waals surface area contributed by atoms with E-state index >= 15 is 0 Å². The Morgan fingerprint density at radius 1 is 1.32 bits per heavy atom. The number of nitrogens with one attached hydrogen (secondary N) is 2. The lowest BCUT2D eigenvalue weighted by atomic mass is 10.0. The number of rotatable bonds is 7. The molecule has 1 aliphatic heterocycles. The number of nitrogens with zero attached hydrogens (tertiary/aromatic N) is 7. The highest BCUT2D eigenvalue weighted by Crippen LogP contribution is 2.37. The second-order valence-electron chi connectivity index (χ2n) is 9.44. The van der Waals surface area contributed by atoms with Gasteiger partial charge in [0.15, 0.2) is 17.2 Å². The van der Waals surface area contributed by atoms with Crippen molar-refractivity contribution in [3.05, 3.63) is 52.7 Å². The molecule has 12 nitrogen and oxygen atoms in total. The van der Waals surface area contributed by atoms with Gasteiger partial charge in [-0.15, -0.1) is 0 Å². The van der Waals surface area contributed by atoms with Gasteiger partial charge in [0.2, 0.25) is 11.9 Å². The molecule has 13 heteroatoms. The second-order valence-corrected chi connectivity index (χ2v) is 9.81. The molecule has 38 heavy (non-hydrogen) atoms. The third-order valence-corrected chi connectivity index (χ3v) is 6.57. The number of amides is 1. The summed E-state index contributed by atoms with van der Waals surface area (Å²) in [5.41, 5.74) is 1.03. The molecule has 0 bridgehead atoms. The minimum absolute atomic E-state index is 0.0668. The van der Waals surface area contributed by atoms with Crippen molar-refractivity contribution in [2.75, 3.05) is 23.8 Å². The standard InChI is InChI=1S/C25H26ClN9O3/c1-14(36)30-19-10-16(6-8-28-19)38-17-12-29-23-22(21(17)26)34(5)24(32-23)31-20-11-18(25(2,3)27-4)35(33-20)15-7-9-37-13-15/h6,8,10-12,15H,7,9,13H2,1-3,5H3,(H,28,30,36)(H,29,31,32,33)/t15-/m0/s1. The van der Waals surface area contributed by atoms with Crippen LogP contribution < -0.4 is 15.4 Å². The fourth-order valence-electron chi connectivity index (χ4n) is 4.22. The van der Waals surface area contributed by atoms with Crippen molar-refractivity contribution in [3.63, 3.8) is 0 Å². The molecule has 1 amide bonds. The molecule has 0 spiro atoms. The Labute approximate surface area is 223 Å². The lowest BCUT2D eigenvalue weighted by molar-refractivity contribution is -0.114. The summed E-state index contributed by atoms with van der Waals surface area (Å²) in [5, 5.41) is 10.9. The van der Waals surface area contributed by atoms with Crippen molar-refractivity contribution in [2.45, 2.75) is 38.8 Å². The molecule has 1 fully saturated rings. The molecule has 5 rings (SSSR count). The highest BCUT2D eigenvalue weighted by molar-refractivity contribution is 6.36. The van der Waals surface area contributed by atoms with E-state index < -0.39 is 5.54 Å². The molecule has 0 radical (unpaired) electrons. The summed E-state index contributed by atoms with van der Waals surface area (Å²) in [4.78, 5) is 28.2. The molecule has 0 saturated carbocycles. The molecule has 5 heterocycles. The van der Waals surface area contributed by atoms with Gasteiger partial charge in [-0.3, -0.25) is 9.48 Å². The van der Waals surface area contributed by atoms with Crippen LogP contribution in [0.3, 0.4) is 0 Å². The van der Waals surface area contributed by atoms with Crippen LogP contribution in [0.25, 0.3) is 16.0 Å². The van der Waals surface area contributed by atoms with E-state index in [1.165, 1.54) is 19.3 Å². The van der Waals surface area contributed by atoms with E-state index in [0.29, 0.717) is 58.5 Å². The zero-order valence-corrected chi connectivity index (χ0v) is 22.1. The lowest BCUT2D eigenvalue weighted by Crippen LogP contribution is -2.22. The molecule has 0 unspecified atom stereocenters. The first-order chi connectivity index (χ1) is 18.2. The average Bonchev–Trinajstić information content (AvgIpc) is 3.61. The summed E-state index contributed by atoms with van der Waals surface area (Å²) in [5.74, 6) is 1.90. The molecule has 0 aliphatic carbocycles. The Kier molecular flexibility index (Phi) is 6.64. The van der Waals surface area contributed by atoms with Gasteiger partial charge < -0.3 is 29.5 Å². The zero-order valence-electron chi connectivity index (χ0n) is 21.3. The number of carbonyl (C=O) groups excluding carboxylic acids is 1. The summed E-state index contributed by atoms with van der Waals surface area (Å²) in [6.45, 7) is 14.0. The molecular formula is C25H26ClN9O3. The number of hydrogen-bond donors (Lipinski definition) is 2. The predicted octanol–water partition coefficient (Wildman–Crippen LogP) is 4.82. The number of pyridine rings is 2. The second kappa shape index (κ2) is 9.92. The maximum Gasteiger partial charge on any atom is 0.268 e. The van der Waals surface area contributed by atoms with Crippen molar-refractivity contribution in [1.82, 2.24) is 29.3 Å². The summed E-state index contributed by atoms with van der Waals surface area (Å²) in [6.07, 6.45) is 3.85. The van der Waals surface area contributed by atoms with Gasteiger partial charge in [0.05, 0.1) is 18.8 Å². The van der Waals surface area contributed by atoms with Crippen LogP contribution in [0, 0.1) is 6.57 Å². The molecule has 4 aromatic heterocycles. The molecule has 0 aromatic carbocycles. The number of aromatic nitrogens is 6. The number of halogens is 1. The highest BCUT2D eigenvalue weighted by atomic mass is 35.5. The number of carbonyl (C=O) groups is 1. The molecule has 1 atom stereocenters. The largest absolute Gasteiger partial charge is 0.454 e. The topological polar surface area (TPSA) is 125 Å². The van der Waals surface area contributed by atoms with Crippen LogP contribution in [0.15, 0.2) is 30.6 Å². The minimum atomic E-state index is -0.758. The van der Waals surface area contributed by atoms with Crippen molar-refractivity contribution >= 4 is 46.3 Å². The zero-order chi connectivity index (χ0) is 27.0. The van der Waals surface area contributed by atoms with Gasteiger partial charge in [-0.2, -0.15) is 10.1 Å². The predicted molar refractivity (Wildman–Crippen MR) is 142 cm³/mol. The Morgan fingerprint density at radius 2 is 2.13 bits per heavy atom. The molecule has 2 N–H and O–H groups in total. The van der Waals surface area contributed by atoms with E-state index in [9.17, 15) is 4.79 Å². The van der Waals surface area contributed by atoms with Gasteiger partial charge in [-0.05, 0) is 12.5 Å². The van der Waals surface area contributed by atoms with Gasteiger partial charge in [0, 0.05) is 52.8 Å². The number of anilines is 3. The van der Waals surface area contributed by atoms with Gasteiger partial charge in [0.25, 0.3) is 5.54 Å². The minimum Gasteiger partial charge on any atom is -0.454 e. The SMILES string of the molecule is [C-]#[N+]C(C)(C)c1cc(Nc2nc3ncc(Oc4ccnc(NC(C)=O)c4)c(Cl)c3n2C)nn1[C@H]1CCOC1. The normalized spacial score (nSPS) is 15.4. The number of imidazole rings is 1. The van der Waals surface area contributed by atoms with Crippen LogP contribution in [0.1, 0.15) is 38.9 Å². The van der Waals surface area contributed by atoms with Crippen molar-refractivity contribution in [3.8, 4) is 11.5 Å². The summed E-state index contributed by atoms with van der Waals surface area (Å²) in [7, 11) is 1.81. The van der Waals surface area contributed by atoms with E-state index in [1.54, 1.807) is 16.7 Å². The summed E-state index contributed by atoms with van der Waals surface area (Å²) in [6, 6.07) is 5.18. The Bertz CT molecular complexity index is 1560. The monoisotopic (exact) mass is 535 g/mol. The van der Waals surface area contributed by atoms with Crippen LogP contribution in [0.2, 0.25) is 5.02 Å². The first-order valence-corrected chi connectivity index (χ1v) is 12.3. The van der Waals surface area contributed by atoms with E-state index in [2.05, 4.69) is 30.4 Å². The van der Waals surface area contributed by atoms with Crippen molar-refractivity contribution < 1.29 is 14.3 Å². The lowest BCUT2D eigenvalue weighted by Gasteiger charge is -2.17. The fourth-order valence-corrected chi connectivity index (χ4v) is 4.52. The number of aryl methyl sites for hydroxylation is 1. The highest BCUT2D eigenvalue weighted by Gasteiger charge is 2.35. The van der Waals surface area contributed by atoms with Gasteiger partial charge in [-0.25, -0.2) is 16.5 Å². The van der Waals surface area contributed by atoms with E-state index in [-0.39, 0.29) is 11.9 Å². The molecular weight excluding hydrogens is 510 g/mol. The first kappa shape index (κ1) is 25.4.